The van der Waals surface area contributed by atoms with Crippen LogP contribution in [0.5, 0.6) is 5.75 Å². The van der Waals surface area contributed by atoms with E-state index < -0.39 is 0 Å². The molecule has 3 heteroatoms. The number of fused-ring (bicyclic) bond motifs is 1. The molecule has 1 heterocycles. The maximum absolute atomic E-state index is 5.32. The van der Waals surface area contributed by atoms with E-state index in [1.807, 2.05) is 12.1 Å². The van der Waals surface area contributed by atoms with Gasteiger partial charge in [0.05, 0.1) is 25.3 Å². The molecular formula is C12H15NO2. The Labute approximate surface area is 89.0 Å². The zero-order valence-electron chi connectivity index (χ0n) is 9.04. The minimum Gasteiger partial charge on any atom is -0.495 e. The van der Waals surface area contributed by atoms with Gasteiger partial charge in [0.1, 0.15) is 5.75 Å². The van der Waals surface area contributed by atoms with E-state index in [1.54, 1.807) is 19.6 Å². The summed E-state index contributed by atoms with van der Waals surface area (Å²) < 4.78 is 10.5. The Bertz CT molecular complexity index is 448. The SMILES string of the molecule is CCCNc1cc2cocc2cc1OC. The zero-order chi connectivity index (χ0) is 10.7. The standard InChI is InChI=1S/C12H15NO2/c1-3-4-13-11-5-9-7-15-8-10(9)6-12(11)14-2/h5-8,13H,3-4H2,1-2H3. The molecule has 2 aromatic rings. The van der Waals surface area contributed by atoms with Gasteiger partial charge in [-0.1, -0.05) is 6.92 Å². The molecule has 1 N–H and O–H groups in total. The quantitative estimate of drug-likeness (QED) is 0.831. The maximum atomic E-state index is 5.32. The van der Waals surface area contributed by atoms with E-state index in [1.165, 1.54) is 0 Å². The fourth-order valence-corrected chi connectivity index (χ4v) is 1.56. The van der Waals surface area contributed by atoms with Crippen LogP contribution in [0.3, 0.4) is 0 Å². The first-order valence-electron chi connectivity index (χ1n) is 5.13. The summed E-state index contributed by atoms with van der Waals surface area (Å²) in [5.74, 6) is 0.859. The highest BCUT2D eigenvalue weighted by atomic mass is 16.5. The molecule has 2 rings (SSSR count). The van der Waals surface area contributed by atoms with Gasteiger partial charge in [-0.2, -0.15) is 0 Å². The number of ether oxygens (including phenoxy) is 1. The fraction of sp³-hybridized carbons (Fsp3) is 0.333. The molecule has 0 bridgehead atoms. The summed E-state index contributed by atoms with van der Waals surface area (Å²) >= 11 is 0. The zero-order valence-corrected chi connectivity index (χ0v) is 9.04. The molecule has 80 valence electrons. The van der Waals surface area contributed by atoms with E-state index >= 15 is 0 Å². The molecule has 0 radical (unpaired) electrons. The number of hydrogen-bond donors (Lipinski definition) is 1. The van der Waals surface area contributed by atoms with Gasteiger partial charge in [0.25, 0.3) is 0 Å². The van der Waals surface area contributed by atoms with Crippen LogP contribution in [0, 0.1) is 0 Å². The van der Waals surface area contributed by atoms with Gasteiger partial charge in [0.15, 0.2) is 0 Å². The van der Waals surface area contributed by atoms with Gasteiger partial charge in [0.2, 0.25) is 0 Å². The second kappa shape index (κ2) is 4.26. The number of methoxy groups -OCH3 is 1. The Balaban J connectivity index is 2.40. The molecule has 0 unspecified atom stereocenters. The fourth-order valence-electron chi connectivity index (χ4n) is 1.56. The van der Waals surface area contributed by atoms with Gasteiger partial charge < -0.3 is 14.5 Å². The number of rotatable bonds is 4. The van der Waals surface area contributed by atoms with Crippen molar-refractivity contribution >= 4 is 16.5 Å². The molecule has 0 saturated carbocycles. The third-order valence-electron chi connectivity index (χ3n) is 2.36. The highest BCUT2D eigenvalue weighted by Crippen LogP contribution is 2.30. The second-order valence-electron chi connectivity index (χ2n) is 3.48. The summed E-state index contributed by atoms with van der Waals surface area (Å²) in [4.78, 5) is 0. The van der Waals surface area contributed by atoms with Gasteiger partial charge in [-0.25, -0.2) is 0 Å². The van der Waals surface area contributed by atoms with Crippen molar-refractivity contribution in [2.24, 2.45) is 0 Å². The van der Waals surface area contributed by atoms with Crippen LogP contribution < -0.4 is 10.1 Å². The summed E-state index contributed by atoms with van der Waals surface area (Å²) in [6, 6.07) is 4.03. The first-order valence-corrected chi connectivity index (χ1v) is 5.13. The van der Waals surface area contributed by atoms with Crippen molar-refractivity contribution in [2.75, 3.05) is 19.0 Å². The summed E-state index contributed by atoms with van der Waals surface area (Å²) in [6.45, 7) is 3.08. The van der Waals surface area contributed by atoms with Gasteiger partial charge in [-0.3, -0.25) is 0 Å². The van der Waals surface area contributed by atoms with Crippen LogP contribution in [0.2, 0.25) is 0 Å². The molecule has 15 heavy (non-hydrogen) atoms. The van der Waals surface area contributed by atoms with Gasteiger partial charge in [0, 0.05) is 17.3 Å². The van der Waals surface area contributed by atoms with Crippen LogP contribution >= 0.6 is 0 Å². The molecular weight excluding hydrogens is 190 g/mol. The van der Waals surface area contributed by atoms with Gasteiger partial charge >= 0.3 is 0 Å². The Morgan fingerprint density at radius 1 is 1.27 bits per heavy atom. The third-order valence-corrected chi connectivity index (χ3v) is 2.36. The Kier molecular flexibility index (Phi) is 2.81. The Hall–Kier alpha value is -1.64. The predicted molar refractivity (Wildman–Crippen MR) is 61.5 cm³/mol. The molecule has 1 aromatic heterocycles. The van der Waals surface area contributed by atoms with E-state index in [4.69, 9.17) is 9.15 Å². The van der Waals surface area contributed by atoms with E-state index in [2.05, 4.69) is 12.2 Å². The predicted octanol–water partition coefficient (Wildman–Crippen LogP) is 3.26. The van der Waals surface area contributed by atoms with Crippen LogP contribution in [0.15, 0.2) is 29.1 Å². The Morgan fingerprint density at radius 2 is 2.00 bits per heavy atom. The Morgan fingerprint density at radius 3 is 2.67 bits per heavy atom. The van der Waals surface area contributed by atoms with Crippen molar-refractivity contribution in [3.63, 3.8) is 0 Å². The lowest BCUT2D eigenvalue weighted by Gasteiger charge is -2.10. The average molecular weight is 205 g/mol. The largest absolute Gasteiger partial charge is 0.495 e. The highest BCUT2D eigenvalue weighted by Gasteiger charge is 2.05. The molecule has 3 nitrogen and oxygen atoms in total. The molecule has 0 fully saturated rings. The van der Waals surface area contributed by atoms with Crippen LogP contribution in [-0.4, -0.2) is 13.7 Å². The van der Waals surface area contributed by atoms with Gasteiger partial charge in [-0.05, 0) is 18.6 Å². The molecule has 1 aromatic carbocycles. The summed E-state index contributed by atoms with van der Waals surface area (Å²) in [7, 11) is 1.68. The van der Waals surface area contributed by atoms with Crippen LogP contribution in [-0.2, 0) is 0 Å². The molecule has 0 saturated heterocycles. The van der Waals surface area contributed by atoms with Crippen LogP contribution in [0.1, 0.15) is 13.3 Å². The minimum absolute atomic E-state index is 0.859. The molecule has 0 aliphatic rings. The average Bonchev–Trinajstić information content (AvgIpc) is 2.71. The van der Waals surface area contributed by atoms with Crippen LogP contribution in [0.25, 0.3) is 10.8 Å². The lowest BCUT2D eigenvalue weighted by molar-refractivity contribution is 0.417. The van der Waals surface area contributed by atoms with Gasteiger partial charge in [-0.15, -0.1) is 0 Å². The van der Waals surface area contributed by atoms with E-state index in [0.717, 1.165) is 35.2 Å². The van der Waals surface area contributed by atoms with Crippen molar-refractivity contribution in [2.45, 2.75) is 13.3 Å². The van der Waals surface area contributed by atoms with E-state index in [-0.39, 0.29) is 0 Å². The van der Waals surface area contributed by atoms with E-state index in [9.17, 15) is 0 Å². The number of nitrogens with one attached hydrogen (secondary N) is 1. The summed E-state index contributed by atoms with van der Waals surface area (Å²) in [6.07, 6.45) is 4.56. The van der Waals surface area contributed by atoms with E-state index in [0.29, 0.717) is 0 Å². The van der Waals surface area contributed by atoms with Crippen molar-refractivity contribution < 1.29 is 9.15 Å². The second-order valence-corrected chi connectivity index (χ2v) is 3.48. The molecule has 0 spiro atoms. The summed E-state index contributed by atoms with van der Waals surface area (Å²) in [5, 5.41) is 5.48. The smallest absolute Gasteiger partial charge is 0.142 e. The third kappa shape index (κ3) is 1.91. The van der Waals surface area contributed by atoms with Crippen molar-refractivity contribution in [1.29, 1.82) is 0 Å². The monoisotopic (exact) mass is 205 g/mol. The topological polar surface area (TPSA) is 34.4 Å². The number of anilines is 1. The lowest BCUT2D eigenvalue weighted by Crippen LogP contribution is -2.01. The van der Waals surface area contributed by atoms with Crippen LogP contribution in [0.4, 0.5) is 5.69 Å². The molecule has 0 aliphatic carbocycles. The first-order chi connectivity index (χ1) is 7.35. The highest BCUT2D eigenvalue weighted by molar-refractivity contribution is 5.87. The lowest BCUT2D eigenvalue weighted by atomic mass is 10.2. The van der Waals surface area contributed by atoms with Crippen molar-refractivity contribution in [3.05, 3.63) is 24.7 Å². The maximum Gasteiger partial charge on any atom is 0.142 e. The number of hydrogen-bond acceptors (Lipinski definition) is 3. The molecule has 0 atom stereocenters. The number of benzene rings is 1. The van der Waals surface area contributed by atoms with Crippen molar-refractivity contribution in [3.8, 4) is 5.75 Å². The first kappa shape index (κ1) is 9.90. The molecule has 0 aliphatic heterocycles. The normalized spacial score (nSPS) is 10.5. The molecule has 0 amide bonds. The summed E-state index contributed by atoms with van der Waals surface area (Å²) in [5.41, 5.74) is 1.02. The van der Waals surface area contributed by atoms with Crippen molar-refractivity contribution in [1.82, 2.24) is 0 Å². The number of furan rings is 1. The minimum atomic E-state index is 0.859.